The van der Waals surface area contributed by atoms with Crippen molar-refractivity contribution in [2.75, 3.05) is 0 Å². The molecule has 0 saturated carbocycles. The van der Waals surface area contributed by atoms with Gasteiger partial charge in [-0.05, 0) is 61.3 Å². The van der Waals surface area contributed by atoms with Gasteiger partial charge in [-0.3, -0.25) is 0 Å². The molecule has 4 aromatic rings. The van der Waals surface area contributed by atoms with E-state index in [0.717, 1.165) is 39.9 Å². The molecule has 2 heterocycles. The highest BCUT2D eigenvalue weighted by atomic mass is 32.1. The van der Waals surface area contributed by atoms with Gasteiger partial charge in [-0.25, -0.2) is 4.39 Å². The first-order valence-electron chi connectivity index (χ1n) is 12.0. The number of nitrogens with one attached hydrogen (secondary N) is 1. The largest absolute Gasteiger partial charge is 0.351 e. The molecule has 5 nitrogen and oxygen atoms in total. The van der Waals surface area contributed by atoms with Gasteiger partial charge < -0.3 is 14.7 Å². The molecule has 1 aromatic heterocycles. The summed E-state index contributed by atoms with van der Waals surface area (Å²) in [7, 11) is 0. The fraction of sp³-hybridized carbons (Fsp3) is 0.207. The number of thiocarbonyl (C=S) groups is 1. The van der Waals surface area contributed by atoms with Crippen LogP contribution in [0.15, 0.2) is 83.0 Å². The summed E-state index contributed by atoms with van der Waals surface area (Å²) in [6, 6.07) is 22.6. The molecule has 1 aliphatic heterocycles. The molecule has 5 rings (SSSR count). The summed E-state index contributed by atoms with van der Waals surface area (Å²) in [5, 5.41) is 8.27. The minimum atomic E-state index is -0.358. The second kappa shape index (κ2) is 10.0. The van der Waals surface area contributed by atoms with Crippen molar-refractivity contribution < 1.29 is 8.91 Å². The van der Waals surface area contributed by atoms with E-state index in [2.05, 4.69) is 41.7 Å². The Morgan fingerprint density at radius 1 is 0.944 bits per heavy atom. The molecule has 1 N–H and O–H groups in total. The highest BCUT2D eigenvalue weighted by Gasteiger charge is 2.34. The summed E-state index contributed by atoms with van der Waals surface area (Å²) < 4.78 is 19.5. The number of aryl methyl sites for hydroxylation is 2. The third-order valence-corrected chi connectivity index (χ3v) is 6.88. The molecule has 36 heavy (non-hydrogen) atoms. The molecule has 0 bridgehead atoms. The molecule has 1 aliphatic rings. The first-order valence-corrected chi connectivity index (χ1v) is 12.4. The van der Waals surface area contributed by atoms with Gasteiger partial charge in [0.05, 0.1) is 11.6 Å². The van der Waals surface area contributed by atoms with Crippen molar-refractivity contribution >= 4 is 22.9 Å². The summed E-state index contributed by atoms with van der Waals surface area (Å²) in [5.41, 5.74) is 7.04. The van der Waals surface area contributed by atoms with Gasteiger partial charge in [-0.15, -0.1) is 0 Å². The predicted octanol–water partition coefficient (Wildman–Crippen LogP) is 6.61. The Balaban J connectivity index is 1.57. The topological polar surface area (TPSA) is 54.2 Å². The van der Waals surface area contributed by atoms with Crippen molar-refractivity contribution in [2.45, 2.75) is 39.8 Å². The molecule has 0 aliphatic carbocycles. The van der Waals surface area contributed by atoms with Crippen molar-refractivity contribution in [1.82, 2.24) is 20.4 Å². The second-order valence-corrected chi connectivity index (χ2v) is 9.37. The fourth-order valence-corrected chi connectivity index (χ4v) is 4.69. The normalized spacial score (nSPS) is 15.8. The fourth-order valence-electron chi connectivity index (χ4n) is 4.37. The quantitative estimate of drug-likeness (QED) is 0.302. The standard InChI is InChI=1S/C29H27FN4OS/c1-4-20-7-9-21(10-8-20)17-34-19(3)25(26(31-29(34)36)22-13-15-24(30)16-14-22)28-32-27(33-35-28)23-11-5-18(2)6-12-23/h5-16,26H,4,17H2,1-3H3,(H,31,36). The highest BCUT2D eigenvalue weighted by molar-refractivity contribution is 7.80. The summed E-state index contributed by atoms with van der Waals surface area (Å²) in [6.45, 7) is 6.78. The molecule has 0 spiro atoms. The molecular weight excluding hydrogens is 471 g/mol. The summed E-state index contributed by atoms with van der Waals surface area (Å²) >= 11 is 5.79. The van der Waals surface area contributed by atoms with Crippen LogP contribution < -0.4 is 5.32 Å². The zero-order valence-corrected chi connectivity index (χ0v) is 21.3. The minimum Gasteiger partial charge on any atom is -0.351 e. The van der Waals surface area contributed by atoms with Crippen LogP contribution >= 0.6 is 12.2 Å². The lowest BCUT2D eigenvalue weighted by atomic mass is 9.94. The average Bonchev–Trinajstić information content (AvgIpc) is 3.37. The Morgan fingerprint density at radius 3 is 2.28 bits per heavy atom. The molecule has 0 fully saturated rings. The van der Waals surface area contributed by atoms with E-state index in [0.29, 0.717) is 23.4 Å². The lowest BCUT2D eigenvalue weighted by Gasteiger charge is -2.37. The number of allylic oxidation sites excluding steroid dienone is 1. The van der Waals surface area contributed by atoms with Crippen LogP contribution in [0.25, 0.3) is 17.0 Å². The van der Waals surface area contributed by atoms with Gasteiger partial charge >= 0.3 is 0 Å². The summed E-state index contributed by atoms with van der Waals surface area (Å²) in [5.74, 6) is 0.618. The molecule has 1 unspecified atom stereocenters. The molecule has 0 amide bonds. The molecule has 0 radical (unpaired) electrons. The van der Waals surface area contributed by atoms with Crippen LogP contribution in [0.5, 0.6) is 0 Å². The van der Waals surface area contributed by atoms with Gasteiger partial charge in [-0.1, -0.05) is 78.3 Å². The Bertz CT molecular complexity index is 1410. The Labute approximate surface area is 215 Å². The van der Waals surface area contributed by atoms with Crippen LogP contribution in [0.1, 0.15) is 48.0 Å². The number of hydrogen-bond acceptors (Lipinski definition) is 4. The Morgan fingerprint density at radius 2 is 1.61 bits per heavy atom. The molecule has 3 aromatic carbocycles. The molecule has 1 atom stereocenters. The number of rotatable bonds is 6. The van der Waals surface area contributed by atoms with Crippen LogP contribution in [0.3, 0.4) is 0 Å². The Hall–Kier alpha value is -3.84. The van der Waals surface area contributed by atoms with Crippen LogP contribution in [0.4, 0.5) is 4.39 Å². The zero-order valence-electron chi connectivity index (χ0n) is 20.5. The van der Waals surface area contributed by atoms with Crippen molar-refractivity contribution in [3.63, 3.8) is 0 Å². The van der Waals surface area contributed by atoms with Gasteiger partial charge in [0.2, 0.25) is 5.82 Å². The van der Waals surface area contributed by atoms with Gasteiger partial charge in [0.25, 0.3) is 5.89 Å². The van der Waals surface area contributed by atoms with Crippen LogP contribution in [0, 0.1) is 12.7 Å². The predicted molar refractivity (Wildman–Crippen MR) is 143 cm³/mol. The van der Waals surface area contributed by atoms with E-state index in [-0.39, 0.29) is 11.9 Å². The lowest BCUT2D eigenvalue weighted by Crippen LogP contribution is -2.45. The maximum Gasteiger partial charge on any atom is 0.258 e. The molecule has 7 heteroatoms. The van der Waals surface area contributed by atoms with E-state index in [1.165, 1.54) is 17.7 Å². The monoisotopic (exact) mass is 498 g/mol. The van der Waals surface area contributed by atoms with Gasteiger partial charge in [0.15, 0.2) is 5.11 Å². The van der Waals surface area contributed by atoms with Gasteiger partial charge in [0, 0.05) is 17.8 Å². The first-order chi connectivity index (χ1) is 17.4. The van der Waals surface area contributed by atoms with Gasteiger partial charge in [0.1, 0.15) is 5.82 Å². The summed E-state index contributed by atoms with van der Waals surface area (Å²) in [6.07, 6.45) is 0.993. The van der Waals surface area contributed by atoms with E-state index in [1.54, 1.807) is 12.1 Å². The van der Waals surface area contributed by atoms with Crippen molar-refractivity contribution in [1.29, 1.82) is 0 Å². The maximum absolute atomic E-state index is 13.7. The van der Waals surface area contributed by atoms with E-state index >= 15 is 0 Å². The second-order valence-electron chi connectivity index (χ2n) is 8.98. The third-order valence-electron chi connectivity index (χ3n) is 6.54. The number of hydrogen-bond donors (Lipinski definition) is 1. The number of halogens is 1. The average molecular weight is 499 g/mol. The third kappa shape index (κ3) is 4.79. The van der Waals surface area contributed by atoms with E-state index < -0.39 is 0 Å². The van der Waals surface area contributed by atoms with Crippen molar-refractivity contribution in [3.05, 3.63) is 112 Å². The molecule has 0 saturated heterocycles. The minimum absolute atomic E-state index is 0.295. The van der Waals surface area contributed by atoms with Crippen LogP contribution in [-0.2, 0) is 13.0 Å². The molecular formula is C29H27FN4OS. The number of nitrogens with zero attached hydrogens (tertiary/aromatic N) is 3. The zero-order chi connectivity index (χ0) is 25.2. The summed E-state index contributed by atoms with van der Waals surface area (Å²) in [4.78, 5) is 6.79. The van der Waals surface area contributed by atoms with Gasteiger partial charge in [-0.2, -0.15) is 4.98 Å². The highest BCUT2D eigenvalue weighted by Crippen LogP contribution is 2.38. The number of benzene rings is 3. The molecule has 182 valence electrons. The maximum atomic E-state index is 13.7. The van der Waals surface area contributed by atoms with Crippen molar-refractivity contribution in [3.8, 4) is 11.4 Å². The Kier molecular flexibility index (Phi) is 6.65. The SMILES string of the molecule is CCc1ccc(CN2C(=S)NC(c3ccc(F)cc3)C(c3nc(-c4ccc(C)cc4)no3)=C2C)cc1. The lowest BCUT2D eigenvalue weighted by molar-refractivity contribution is 0.396. The van der Waals surface area contributed by atoms with Crippen LogP contribution in [-0.4, -0.2) is 20.2 Å². The van der Waals surface area contributed by atoms with E-state index in [4.69, 9.17) is 21.7 Å². The first kappa shape index (κ1) is 23.9. The van der Waals surface area contributed by atoms with Crippen molar-refractivity contribution in [2.24, 2.45) is 0 Å². The van der Waals surface area contributed by atoms with Crippen LogP contribution in [0.2, 0.25) is 0 Å². The number of aromatic nitrogens is 2. The van der Waals surface area contributed by atoms with E-state index in [9.17, 15) is 4.39 Å². The smallest absolute Gasteiger partial charge is 0.258 e. The van der Waals surface area contributed by atoms with E-state index in [1.807, 2.05) is 43.0 Å².